The van der Waals surface area contributed by atoms with Crippen molar-refractivity contribution in [3.63, 3.8) is 0 Å². The van der Waals surface area contributed by atoms with Crippen molar-refractivity contribution in [1.29, 1.82) is 0 Å². The van der Waals surface area contributed by atoms with Gasteiger partial charge in [-0.2, -0.15) is 0 Å². The van der Waals surface area contributed by atoms with Crippen molar-refractivity contribution in [1.82, 2.24) is 4.98 Å². The zero-order valence-corrected chi connectivity index (χ0v) is 10.0. The summed E-state index contributed by atoms with van der Waals surface area (Å²) in [5, 5.41) is 2.02. The summed E-state index contributed by atoms with van der Waals surface area (Å²) in [5.41, 5.74) is 1.07. The first-order valence-electron chi connectivity index (χ1n) is 5.41. The van der Waals surface area contributed by atoms with E-state index in [1.165, 1.54) is 7.11 Å². The van der Waals surface area contributed by atoms with E-state index >= 15 is 0 Å². The molecule has 0 atom stereocenters. The molecule has 0 saturated heterocycles. The molecule has 3 nitrogen and oxygen atoms in total. The standard InChI is InChI=1S/C14H17NO2/c1-4-6-12-11(8-9-14(16)17-3)10-15-13(12)7-5-2/h4-7,10,15H,1-2,8-9H2,3H3/b12-6-,13-7+. The summed E-state index contributed by atoms with van der Waals surface area (Å²) in [7, 11) is 1.40. The van der Waals surface area contributed by atoms with Gasteiger partial charge in [0.05, 0.1) is 7.11 Å². The Bertz CT molecular complexity index is 523. The highest BCUT2D eigenvalue weighted by Gasteiger charge is 2.04. The Balaban J connectivity index is 3.05. The monoisotopic (exact) mass is 231 g/mol. The van der Waals surface area contributed by atoms with Gasteiger partial charge in [-0.3, -0.25) is 4.79 Å². The second-order valence-corrected chi connectivity index (χ2v) is 3.52. The molecule has 90 valence electrons. The Morgan fingerprint density at radius 2 is 2.12 bits per heavy atom. The molecule has 1 aromatic heterocycles. The molecule has 1 heterocycles. The number of rotatable bonds is 5. The van der Waals surface area contributed by atoms with Crippen LogP contribution >= 0.6 is 0 Å². The first-order chi connectivity index (χ1) is 8.22. The van der Waals surface area contributed by atoms with E-state index in [2.05, 4.69) is 22.9 Å². The highest BCUT2D eigenvalue weighted by Crippen LogP contribution is 1.96. The van der Waals surface area contributed by atoms with Gasteiger partial charge >= 0.3 is 5.97 Å². The highest BCUT2D eigenvalue weighted by molar-refractivity contribution is 5.69. The van der Waals surface area contributed by atoms with Crippen molar-refractivity contribution < 1.29 is 9.53 Å². The van der Waals surface area contributed by atoms with Crippen LogP contribution in [0.5, 0.6) is 0 Å². The predicted molar refractivity (Wildman–Crippen MR) is 69.7 cm³/mol. The number of aromatic nitrogens is 1. The topological polar surface area (TPSA) is 42.1 Å². The van der Waals surface area contributed by atoms with E-state index in [1.807, 2.05) is 18.3 Å². The van der Waals surface area contributed by atoms with Gasteiger partial charge in [0.25, 0.3) is 0 Å². The number of ether oxygens (including phenoxy) is 1. The average Bonchev–Trinajstić information content (AvgIpc) is 2.70. The molecule has 17 heavy (non-hydrogen) atoms. The van der Waals surface area contributed by atoms with Gasteiger partial charge in [0.2, 0.25) is 0 Å². The zero-order valence-electron chi connectivity index (χ0n) is 10.0. The summed E-state index contributed by atoms with van der Waals surface area (Å²) in [5.74, 6) is -0.204. The van der Waals surface area contributed by atoms with Gasteiger partial charge in [-0.15, -0.1) is 0 Å². The molecule has 0 aliphatic heterocycles. The van der Waals surface area contributed by atoms with Crippen molar-refractivity contribution in [3.8, 4) is 0 Å². The van der Waals surface area contributed by atoms with Crippen LogP contribution in [0, 0.1) is 0 Å². The largest absolute Gasteiger partial charge is 0.469 e. The molecular weight excluding hydrogens is 214 g/mol. The lowest BCUT2D eigenvalue weighted by molar-refractivity contribution is -0.140. The molecule has 1 rings (SSSR count). The van der Waals surface area contributed by atoms with E-state index in [0.717, 1.165) is 16.1 Å². The minimum Gasteiger partial charge on any atom is -0.469 e. The van der Waals surface area contributed by atoms with Crippen molar-refractivity contribution in [3.05, 3.63) is 47.6 Å². The predicted octanol–water partition coefficient (Wildman–Crippen LogP) is 1.05. The maximum absolute atomic E-state index is 11.1. The molecular formula is C14H17NO2. The van der Waals surface area contributed by atoms with Gasteiger partial charge in [0.15, 0.2) is 0 Å². The molecule has 0 unspecified atom stereocenters. The maximum Gasteiger partial charge on any atom is 0.305 e. The normalized spacial score (nSPS) is 12.5. The fraction of sp³-hybridized carbons (Fsp3) is 0.214. The first-order valence-corrected chi connectivity index (χ1v) is 5.41. The second-order valence-electron chi connectivity index (χ2n) is 3.52. The molecule has 0 aliphatic rings. The highest BCUT2D eigenvalue weighted by atomic mass is 16.5. The Morgan fingerprint density at radius 1 is 1.41 bits per heavy atom. The van der Waals surface area contributed by atoms with Crippen LogP contribution in [0.1, 0.15) is 12.0 Å². The van der Waals surface area contributed by atoms with E-state index in [0.29, 0.717) is 12.8 Å². The fourth-order valence-electron chi connectivity index (χ4n) is 1.61. The maximum atomic E-state index is 11.1. The summed E-state index contributed by atoms with van der Waals surface area (Å²) in [6.07, 6.45) is 10.2. The van der Waals surface area contributed by atoms with Crippen molar-refractivity contribution in [2.45, 2.75) is 12.8 Å². The van der Waals surface area contributed by atoms with E-state index in [4.69, 9.17) is 0 Å². The summed E-state index contributed by atoms with van der Waals surface area (Å²) in [4.78, 5) is 14.2. The number of carbonyl (C=O) groups excluding carboxylic acids is 1. The van der Waals surface area contributed by atoms with Gasteiger partial charge < -0.3 is 9.72 Å². The Hall–Kier alpha value is -2.03. The SMILES string of the molecule is C=C/C=c1/c(CCC(=O)OC)c[nH]/c1=C/C=C. The summed E-state index contributed by atoms with van der Waals surface area (Å²) in [6, 6.07) is 0. The van der Waals surface area contributed by atoms with Crippen LogP contribution < -0.4 is 10.6 Å². The number of nitrogens with one attached hydrogen (secondary N) is 1. The Morgan fingerprint density at radius 3 is 2.71 bits per heavy atom. The smallest absolute Gasteiger partial charge is 0.305 e. The van der Waals surface area contributed by atoms with Crippen LogP contribution in [0.2, 0.25) is 0 Å². The number of aryl methyl sites for hydroxylation is 1. The van der Waals surface area contributed by atoms with Gasteiger partial charge in [0.1, 0.15) is 0 Å². The van der Waals surface area contributed by atoms with E-state index in [-0.39, 0.29) is 5.97 Å². The summed E-state index contributed by atoms with van der Waals surface area (Å²) in [6.45, 7) is 7.35. The third-order valence-electron chi connectivity index (χ3n) is 2.43. The zero-order chi connectivity index (χ0) is 12.7. The molecule has 0 bridgehead atoms. The van der Waals surface area contributed by atoms with E-state index < -0.39 is 0 Å². The molecule has 0 fully saturated rings. The van der Waals surface area contributed by atoms with Crippen molar-refractivity contribution >= 4 is 18.1 Å². The molecule has 0 amide bonds. The minimum atomic E-state index is -0.204. The van der Waals surface area contributed by atoms with Gasteiger partial charge in [-0.05, 0) is 18.1 Å². The lowest BCUT2D eigenvalue weighted by Gasteiger charge is -1.97. The Labute approximate surface area is 101 Å². The molecule has 1 N–H and O–H groups in total. The van der Waals surface area contributed by atoms with Crippen LogP contribution in [0.25, 0.3) is 12.2 Å². The number of carbonyl (C=O) groups is 1. The number of aromatic amines is 1. The van der Waals surface area contributed by atoms with Crippen molar-refractivity contribution in [2.24, 2.45) is 0 Å². The molecule has 0 aliphatic carbocycles. The third-order valence-corrected chi connectivity index (χ3v) is 2.43. The number of hydrogen-bond donors (Lipinski definition) is 1. The molecule has 0 spiro atoms. The lowest BCUT2D eigenvalue weighted by Crippen LogP contribution is -2.24. The quantitative estimate of drug-likeness (QED) is 0.770. The van der Waals surface area contributed by atoms with Gasteiger partial charge in [-0.25, -0.2) is 0 Å². The fourth-order valence-corrected chi connectivity index (χ4v) is 1.61. The lowest BCUT2D eigenvalue weighted by atomic mass is 10.1. The molecule has 0 aromatic carbocycles. The van der Waals surface area contributed by atoms with Crippen molar-refractivity contribution in [2.75, 3.05) is 7.11 Å². The molecule has 3 heteroatoms. The molecule has 0 radical (unpaired) electrons. The molecule has 0 saturated carbocycles. The summed E-state index contributed by atoms with van der Waals surface area (Å²) >= 11 is 0. The first kappa shape index (κ1) is 13.0. The van der Waals surface area contributed by atoms with E-state index in [1.54, 1.807) is 12.2 Å². The van der Waals surface area contributed by atoms with Crippen LogP contribution in [0.4, 0.5) is 0 Å². The minimum absolute atomic E-state index is 0.204. The number of allylic oxidation sites excluding steroid dienone is 2. The van der Waals surface area contributed by atoms with E-state index in [9.17, 15) is 4.79 Å². The summed E-state index contributed by atoms with van der Waals surface area (Å²) < 4.78 is 4.62. The number of hydrogen-bond acceptors (Lipinski definition) is 2. The molecule has 1 aromatic rings. The van der Waals surface area contributed by atoms with Gasteiger partial charge in [0, 0.05) is 23.2 Å². The van der Waals surface area contributed by atoms with Crippen LogP contribution in [0.15, 0.2) is 31.5 Å². The number of methoxy groups -OCH3 is 1. The van der Waals surface area contributed by atoms with Crippen LogP contribution in [-0.2, 0) is 16.0 Å². The average molecular weight is 231 g/mol. The second kappa shape index (κ2) is 6.53. The number of H-pyrrole nitrogens is 1. The Kier molecular flexibility index (Phi) is 5.01. The van der Waals surface area contributed by atoms with Gasteiger partial charge in [-0.1, -0.05) is 31.4 Å². The third kappa shape index (κ3) is 3.48. The van der Waals surface area contributed by atoms with Crippen LogP contribution in [-0.4, -0.2) is 18.1 Å². The number of esters is 1. The van der Waals surface area contributed by atoms with Crippen LogP contribution in [0.3, 0.4) is 0 Å².